The van der Waals surface area contributed by atoms with Gasteiger partial charge in [0.25, 0.3) is 6.43 Å². The molecule has 8 nitrogen and oxygen atoms in total. The van der Waals surface area contributed by atoms with Gasteiger partial charge in [0, 0.05) is 12.6 Å². The molecule has 1 aliphatic rings. The van der Waals surface area contributed by atoms with E-state index >= 15 is 0 Å². The van der Waals surface area contributed by atoms with E-state index in [1.54, 1.807) is 11.4 Å². The summed E-state index contributed by atoms with van der Waals surface area (Å²) in [6.45, 7) is 2.99. The summed E-state index contributed by atoms with van der Waals surface area (Å²) in [6, 6.07) is 2.25. The molecular formula is C18H18F3N7O. The highest BCUT2D eigenvalue weighted by Crippen LogP contribution is 2.41. The summed E-state index contributed by atoms with van der Waals surface area (Å²) in [4.78, 5) is 18.5. The largest absolute Gasteiger partial charge is 0.326 e. The van der Waals surface area contributed by atoms with Gasteiger partial charge in [-0.05, 0) is 19.4 Å². The van der Waals surface area contributed by atoms with Crippen LogP contribution in [0.5, 0.6) is 0 Å². The van der Waals surface area contributed by atoms with Gasteiger partial charge in [0.1, 0.15) is 12.4 Å². The second kappa shape index (κ2) is 6.98. The molecule has 0 saturated carbocycles. The van der Waals surface area contributed by atoms with Gasteiger partial charge < -0.3 is 5.32 Å². The van der Waals surface area contributed by atoms with Crippen LogP contribution >= 0.6 is 0 Å². The van der Waals surface area contributed by atoms with Gasteiger partial charge in [0.05, 0.1) is 40.6 Å². The third kappa shape index (κ3) is 3.15. The summed E-state index contributed by atoms with van der Waals surface area (Å²) in [5, 5.41) is 13.8. The molecule has 3 aromatic rings. The van der Waals surface area contributed by atoms with Crippen LogP contribution in [-0.4, -0.2) is 44.0 Å². The average molecular weight is 405 g/mol. The van der Waals surface area contributed by atoms with Crippen LogP contribution in [0.2, 0.25) is 0 Å². The Balaban J connectivity index is 1.72. The lowest BCUT2D eigenvalue weighted by Gasteiger charge is -2.22. The van der Waals surface area contributed by atoms with E-state index in [1.807, 2.05) is 13.0 Å². The maximum atomic E-state index is 14.1. The molecular weight excluding hydrogens is 387 g/mol. The lowest BCUT2D eigenvalue weighted by atomic mass is 9.90. The highest BCUT2D eigenvalue weighted by Gasteiger charge is 2.44. The predicted molar refractivity (Wildman–Crippen MR) is 99.0 cm³/mol. The third-order valence-electron chi connectivity index (χ3n) is 4.93. The summed E-state index contributed by atoms with van der Waals surface area (Å²) in [5.41, 5.74) is 0.857. The number of hydrogen-bond acceptors (Lipinski definition) is 5. The van der Waals surface area contributed by atoms with E-state index in [9.17, 15) is 18.0 Å². The monoisotopic (exact) mass is 405 g/mol. The zero-order valence-electron chi connectivity index (χ0n) is 15.7. The van der Waals surface area contributed by atoms with Crippen LogP contribution in [0.4, 0.5) is 29.3 Å². The van der Waals surface area contributed by atoms with Crippen LogP contribution in [0.3, 0.4) is 0 Å². The lowest BCUT2D eigenvalue weighted by Crippen LogP contribution is -2.39. The minimum Gasteiger partial charge on any atom is -0.306 e. The normalized spacial score (nSPS) is 18.5. The minimum atomic E-state index is -2.81. The molecule has 1 aliphatic heterocycles. The van der Waals surface area contributed by atoms with E-state index in [1.165, 1.54) is 11.1 Å². The fraction of sp³-hybridized carbons (Fsp3) is 0.389. The second-order valence-corrected chi connectivity index (χ2v) is 7.13. The molecule has 1 unspecified atom stereocenters. The topological polar surface area (TPSA) is 88.3 Å². The van der Waals surface area contributed by atoms with E-state index in [2.05, 4.69) is 25.6 Å². The molecule has 0 aromatic carbocycles. The van der Waals surface area contributed by atoms with Crippen molar-refractivity contribution in [3.63, 3.8) is 0 Å². The van der Waals surface area contributed by atoms with E-state index < -0.39 is 30.2 Å². The van der Waals surface area contributed by atoms with Gasteiger partial charge in [0.15, 0.2) is 5.65 Å². The lowest BCUT2D eigenvalue weighted by molar-refractivity contribution is 0.145. The molecule has 29 heavy (non-hydrogen) atoms. The quantitative estimate of drug-likeness (QED) is 0.720. The molecule has 0 bridgehead atoms. The van der Waals surface area contributed by atoms with Crippen molar-refractivity contribution in [2.45, 2.75) is 32.1 Å². The Hall–Kier alpha value is -3.24. The Kier molecular flexibility index (Phi) is 4.59. The highest BCUT2D eigenvalue weighted by molar-refractivity contribution is 6.03. The Bertz CT molecular complexity index is 1090. The van der Waals surface area contributed by atoms with Crippen LogP contribution in [-0.2, 0) is 11.8 Å². The summed E-state index contributed by atoms with van der Waals surface area (Å²) in [7, 11) is 0. The number of hydrogen-bond donors (Lipinski definition) is 1. The molecule has 11 heteroatoms. The third-order valence-corrected chi connectivity index (χ3v) is 4.93. The summed E-state index contributed by atoms with van der Waals surface area (Å²) >= 11 is 0. The Labute approximate surface area is 163 Å². The molecule has 0 aliphatic carbocycles. The Morgan fingerprint density at radius 1 is 1.34 bits per heavy atom. The molecule has 152 valence electrons. The van der Waals surface area contributed by atoms with Crippen LogP contribution in [0.1, 0.15) is 37.4 Å². The molecule has 0 radical (unpaired) electrons. The Morgan fingerprint density at radius 3 is 2.83 bits per heavy atom. The number of aromatic nitrogens is 5. The number of anilines is 2. The SMILES string of the molecule is CCc1cc2ncc3c(n2n1)C(C)(CF)CN3C(=O)Nc1cnnc(C(F)F)c1. The van der Waals surface area contributed by atoms with Crippen molar-refractivity contribution in [3.8, 4) is 0 Å². The summed E-state index contributed by atoms with van der Waals surface area (Å²) in [5.74, 6) is 0. The number of nitrogens with one attached hydrogen (secondary N) is 1. The van der Waals surface area contributed by atoms with Crippen LogP contribution < -0.4 is 10.2 Å². The van der Waals surface area contributed by atoms with Gasteiger partial charge in [-0.2, -0.15) is 10.2 Å². The number of nitrogens with zero attached hydrogens (tertiary/aromatic N) is 6. The summed E-state index contributed by atoms with van der Waals surface area (Å²) in [6.07, 6.45) is 0.543. The average Bonchev–Trinajstić information content (AvgIpc) is 3.27. The first-order chi connectivity index (χ1) is 13.9. The number of carbonyl (C=O) groups is 1. The standard InChI is InChI=1S/C18H18F3N7O/c1-3-10-5-14-22-7-13-15(28(14)26-10)18(2,8-19)9-27(13)17(29)24-11-4-12(16(20)21)25-23-6-11/h4-7,16H,3,8-9H2,1-2H3,(H,24,25,29). The predicted octanol–water partition coefficient (Wildman–Crippen LogP) is 3.30. The maximum Gasteiger partial charge on any atom is 0.326 e. The van der Waals surface area contributed by atoms with Gasteiger partial charge >= 0.3 is 6.03 Å². The van der Waals surface area contributed by atoms with Gasteiger partial charge in [-0.1, -0.05) is 6.92 Å². The van der Waals surface area contributed by atoms with Crippen molar-refractivity contribution in [1.82, 2.24) is 24.8 Å². The van der Waals surface area contributed by atoms with Crippen molar-refractivity contribution < 1.29 is 18.0 Å². The molecule has 0 spiro atoms. The highest BCUT2D eigenvalue weighted by atomic mass is 19.3. The molecule has 1 atom stereocenters. The number of rotatable bonds is 4. The molecule has 1 N–H and O–H groups in total. The van der Waals surface area contributed by atoms with E-state index in [-0.39, 0.29) is 12.2 Å². The van der Waals surface area contributed by atoms with Crippen molar-refractivity contribution in [2.24, 2.45) is 0 Å². The molecule has 3 aromatic heterocycles. The first-order valence-corrected chi connectivity index (χ1v) is 8.99. The van der Waals surface area contributed by atoms with Crippen molar-refractivity contribution >= 4 is 23.1 Å². The Morgan fingerprint density at radius 2 is 2.14 bits per heavy atom. The molecule has 0 saturated heterocycles. The number of alkyl halides is 3. The number of carbonyl (C=O) groups excluding carboxylic acids is 1. The van der Waals surface area contributed by atoms with Crippen molar-refractivity contribution in [3.05, 3.63) is 41.6 Å². The zero-order chi connectivity index (χ0) is 20.8. The van der Waals surface area contributed by atoms with Gasteiger partial charge in [-0.25, -0.2) is 27.5 Å². The molecule has 0 fully saturated rings. The number of amides is 2. The van der Waals surface area contributed by atoms with Crippen molar-refractivity contribution in [1.29, 1.82) is 0 Å². The number of halogens is 3. The van der Waals surface area contributed by atoms with Gasteiger partial charge in [-0.3, -0.25) is 4.90 Å². The van der Waals surface area contributed by atoms with Crippen molar-refractivity contribution in [2.75, 3.05) is 23.4 Å². The van der Waals surface area contributed by atoms with Gasteiger partial charge in [-0.15, -0.1) is 5.10 Å². The maximum absolute atomic E-state index is 14.1. The van der Waals surface area contributed by atoms with Gasteiger partial charge in [0.2, 0.25) is 0 Å². The smallest absolute Gasteiger partial charge is 0.306 e. The fourth-order valence-electron chi connectivity index (χ4n) is 3.45. The second-order valence-electron chi connectivity index (χ2n) is 7.13. The van der Waals surface area contributed by atoms with Crippen LogP contribution in [0, 0.1) is 0 Å². The van der Waals surface area contributed by atoms with E-state index in [0.717, 1.165) is 18.0 Å². The first-order valence-electron chi connectivity index (χ1n) is 8.99. The minimum absolute atomic E-state index is 0.0486. The number of urea groups is 1. The fourth-order valence-corrected chi connectivity index (χ4v) is 3.45. The summed E-state index contributed by atoms with van der Waals surface area (Å²) < 4.78 is 41.3. The number of fused-ring (bicyclic) bond motifs is 3. The zero-order valence-corrected chi connectivity index (χ0v) is 15.7. The van der Waals surface area contributed by atoms with Crippen LogP contribution in [0.15, 0.2) is 24.5 Å². The van der Waals surface area contributed by atoms with E-state index in [0.29, 0.717) is 23.4 Å². The molecule has 4 heterocycles. The molecule has 2 amide bonds. The van der Waals surface area contributed by atoms with Crippen LogP contribution in [0.25, 0.3) is 5.65 Å². The number of aryl methyl sites for hydroxylation is 1. The van der Waals surface area contributed by atoms with E-state index in [4.69, 9.17) is 0 Å². The first kappa shape index (κ1) is 19.1. The molecule has 4 rings (SSSR count).